The van der Waals surface area contributed by atoms with Crippen LogP contribution in [0.5, 0.6) is 0 Å². The van der Waals surface area contributed by atoms with Crippen molar-refractivity contribution in [3.05, 3.63) is 65.8 Å². The summed E-state index contributed by atoms with van der Waals surface area (Å²) in [6, 6.07) is 0. The van der Waals surface area contributed by atoms with Crippen molar-refractivity contribution in [2.75, 3.05) is 26.4 Å². The highest BCUT2D eigenvalue weighted by Gasteiger charge is 1.92. The van der Waals surface area contributed by atoms with Crippen LogP contribution in [0.2, 0.25) is 0 Å². The Morgan fingerprint density at radius 2 is 0.667 bits per heavy atom. The zero-order valence-corrected chi connectivity index (χ0v) is 21.0. The van der Waals surface area contributed by atoms with Crippen molar-refractivity contribution in [3.8, 4) is 0 Å². The highest BCUT2D eigenvalue weighted by molar-refractivity contribution is 4.45. The second-order valence-electron chi connectivity index (χ2n) is 5.24. The van der Waals surface area contributed by atoms with Crippen LogP contribution in [0.15, 0.2) is 65.8 Å². The molecule has 0 amide bonds. The summed E-state index contributed by atoms with van der Waals surface area (Å²) in [6.07, 6.45) is 14.9. The number of hydrogen-bond acceptors (Lipinski definition) is 3. The second-order valence-corrected chi connectivity index (χ2v) is 5.24. The molecule has 0 saturated carbocycles. The van der Waals surface area contributed by atoms with E-state index < -0.39 is 0 Å². The smallest absolute Gasteiger partial charge is 0.0662 e. The Morgan fingerprint density at radius 3 is 0.900 bits per heavy atom. The summed E-state index contributed by atoms with van der Waals surface area (Å²) in [5.41, 5.74) is 0. The molecule has 0 aromatic carbocycles. The first-order chi connectivity index (χ1) is 14.8. The van der Waals surface area contributed by atoms with Crippen molar-refractivity contribution in [3.63, 3.8) is 0 Å². The summed E-state index contributed by atoms with van der Waals surface area (Å²) in [5.74, 6) is 0. The molecule has 0 saturated heterocycles. The fourth-order valence-electron chi connectivity index (χ4n) is 1.89. The third kappa shape index (κ3) is 110. The van der Waals surface area contributed by atoms with Crippen LogP contribution in [-0.2, 0) is 4.74 Å². The minimum Gasteiger partial charge on any atom is -0.394 e. The third-order valence-electron chi connectivity index (χ3n) is 3.13. The molecule has 0 radical (unpaired) electrons. The maximum Gasteiger partial charge on any atom is 0.0662 e. The summed E-state index contributed by atoms with van der Waals surface area (Å²) >= 11 is 0. The summed E-state index contributed by atoms with van der Waals surface area (Å²) in [7, 11) is 0. The van der Waals surface area contributed by atoms with E-state index >= 15 is 0 Å². The van der Waals surface area contributed by atoms with Crippen LogP contribution in [0.1, 0.15) is 84.5 Å². The second kappa shape index (κ2) is 91.7. The van der Waals surface area contributed by atoms with Crippen molar-refractivity contribution >= 4 is 0 Å². The van der Waals surface area contributed by atoms with Crippen LogP contribution >= 0.6 is 0 Å². The molecule has 0 fully saturated rings. The van der Waals surface area contributed by atoms with Crippen LogP contribution < -0.4 is 0 Å². The van der Waals surface area contributed by atoms with Gasteiger partial charge in [0.25, 0.3) is 0 Å². The number of aliphatic hydroxyl groups excluding tert-OH is 2. The molecule has 0 aliphatic rings. The molecule has 0 spiro atoms. The van der Waals surface area contributed by atoms with Gasteiger partial charge in [0.1, 0.15) is 0 Å². The van der Waals surface area contributed by atoms with Gasteiger partial charge in [0, 0.05) is 13.2 Å². The first kappa shape index (κ1) is 46.7. The lowest BCUT2D eigenvalue weighted by molar-refractivity contribution is 0.125. The van der Waals surface area contributed by atoms with Crippen LogP contribution in [0.25, 0.3) is 0 Å². The minimum absolute atomic E-state index is 0.125. The highest BCUT2D eigenvalue weighted by Crippen LogP contribution is 2.06. The maximum atomic E-state index is 7.62. The van der Waals surface area contributed by atoms with Gasteiger partial charge in [-0.3, -0.25) is 0 Å². The molecule has 0 aliphatic heterocycles. The Kier molecular flexibility index (Phi) is 143. The fourth-order valence-corrected chi connectivity index (χ4v) is 1.89. The van der Waals surface area contributed by atoms with Crippen LogP contribution in [-0.4, -0.2) is 36.6 Å². The molecule has 184 valence electrons. The lowest BCUT2D eigenvalue weighted by Crippen LogP contribution is -1.97. The molecule has 2 N–H and O–H groups in total. The molecule has 0 atom stereocenters. The number of unbranched alkanes of at least 4 members (excludes halogenated alkanes) is 9. The van der Waals surface area contributed by atoms with E-state index in [1.807, 2.05) is 0 Å². The van der Waals surface area contributed by atoms with Gasteiger partial charge in [0.15, 0.2) is 0 Å². The Balaban J connectivity index is -0.0000000628. The van der Waals surface area contributed by atoms with Crippen molar-refractivity contribution < 1.29 is 14.9 Å². The van der Waals surface area contributed by atoms with Gasteiger partial charge in [0.05, 0.1) is 13.2 Å². The van der Waals surface area contributed by atoms with E-state index in [1.54, 1.807) is 0 Å². The predicted octanol–water partition coefficient (Wildman–Crippen LogP) is 8.32. The number of ether oxygens (including phenoxy) is 1. The Bertz CT molecular complexity index is 171. The first-order valence-corrected chi connectivity index (χ1v) is 11.1. The number of hydrogen-bond donors (Lipinski definition) is 2. The van der Waals surface area contributed by atoms with Crippen molar-refractivity contribution in [2.24, 2.45) is 0 Å². The van der Waals surface area contributed by atoms with Crippen LogP contribution in [0, 0.1) is 0 Å². The van der Waals surface area contributed by atoms with Gasteiger partial charge in [-0.2, -0.15) is 0 Å². The standard InChI is InChI=1S/C15H32O.C2H6O2.5C2H4/c1-3-5-7-9-11-13-15-16-14-12-10-8-6-4-2;3-1-2-4;5*1-2/h3-15H2,1-2H3;3-4H,1-2H2;5*1-2H2. The molecule has 3 nitrogen and oxygen atoms in total. The van der Waals surface area contributed by atoms with E-state index in [0.29, 0.717) is 0 Å². The van der Waals surface area contributed by atoms with E-state index in [0.717, 1.165) is 13.2 Å². The number of aliphatic hydroxyl groups is 2. The average molecular weight is 431 g/mol. The van der Waals surface area contributed by atoms with E-state index in [4.69, 9.17) is 14.9 Å². The van der Waals surface area contributed by atoms with Gasteiger partial charge in [-0.25, -0.2) is 0 Å². The predicted molar refractivity (Wildman–Crippen MR) is 143 cm³/mol. The zero-order valence-electron chi connectivity index (χ0n) is 21.0. The monoisotopic (exact) mass is 430 g/mol. The number of rotatable bonds is 14. The Hall–Kier alpha value is -1.42. The fraction of sp³-hybridized carbons (Fsp3) is 0.630. The lowest BCUT2D eigenvalue weighted by Gasteiger charge is -2.04. The highest BCUT2D eigenvalue weighted by atomic mass is 16.5. The van der Waals surface area contributed by atoms with E-state index in [2.05, 4.69) is 79.6 Å². The summed E-state index contributed by atoms with van der Waals surface area (Å²) in [6.45, 7) is 36.2. The SMILES string of the molecule is C=C.C=C.C=C.C=C.C=C.CCCCCCCCOCCCCCCC.OCCO. The Labute approximate surface area is 192 Å². The molecule has 0 heterocycles. The van der Waals surface area contributed by atoms with E-state index in [9.17, 15) is 0 Å². The summed E-state index contributed by atoms with van der Waals surface area (Å²) in [4.78, 5) is 0. The van der Waals surface area contributed by atoms with E-state index in [-0.39, 0.29) is 13.2 Å². The van der Waals surface area contributed by atoms with E-state index in [1.165, 1.54) is 70.6 Å². The molecule has 0 aromatic heterocycles. The molecule has 3 heteroatoms. The maximum absolute atomic E-state index is 7.62. The van der Waals surface area contributed by atoms with Gasteiger partial charge in [-0.1, -0.05) is 71.6 Å². The van der Waals surface area contributed by atoms with Gasteiger partial charge < -0.3 is 14.9 Å². The van der Waals surface area contributed by atoms with Crippen molar-refractivity contribution in [2.45, 2.75) is 84.5 Å². The molecular weight excluding hydrogens is 372 g/mol. The van der Waals surface area contributed by atoms with Crippen molar-refractivity contribution in [1.82, 2.24) is 0 Å². The molecule has 30 heavy (non-hydrogen) atoms. The average Bonchev–Trinajstić information content (AvgIpc) is 2.86. The van der Waals surface area contributed by atoms with Gasteiger partial charge in [0.2, 0.25) is 0 Å². The molecule has 0 bridgehead atoms. The summed E-state index contributed by atoms with van der Waals surface area (Å²) < 4.78 is 5.62. The zero-order chi connectivity index (χ0) is 25.3. The normalized spacial score (nSPS) is 7.47. The van der Waals surface area contributed by atoms with Crippen LogP contribution in [0.3, 0.4) is 0 Å². The topological polar surface area (TPSA) is 49.7 Å². The lowest BCUT2D eigenvalue weighted by atomic mass is 10.1. The van der Waals surface area contributed by atoms with Crippen LogP contribution in [0.4, 0.5) is 0 Å². The largest absolute Gasteiger partial charge is 0.394 e. The van der Waals surface area contributed by atoms with Gasteiger partial charge in [-0.15, -0.1) is 65.8 Å². The minimum atomic E-state index is -0.125. The van der Waals surface area contributed by atoms with Crippen molar-refractivity contribution in [1.29, 1.82) is 0 Å². The third-order valence-corrected chi connectivity index (χ3v) is 3.13. The molecule has 0 aromatic rings. The molecule has 0 unspecified atom stereocenters. The first-order valence-electron chi connectivity index (χ1n) is 11.1. The van der Waals surface area contributed by atoms with Gasteiger partial charge >= 0.3 is 0 Å². The quantitative estimate of drug-likeness (QED) is 0.215. The Morgan fingerprint density at radius 1 is 0.433 bits per heavy atom. The summed E-state index contributed by atoms with van der Waals surface area (Å²) in [5, 5.41) is 15.2. The molecule has 0 rings (SSSR count). The molecule has 0 aliphatic carbocycles. The molecular formula is C27H58O3. The van der Waals surface area contributed by atoms with Gasteiger partial charge in [-0.05, 0) is 12.8 Å².